The zero-order valence-electron chi connectivity index (χ0n) is 8.75. The van der Waals surface area contributed by atoms with Gasteiger partial charge in [0.05, 0.1) is 0 Å². The van der Waals surface area contributed by atoms with Crippen LogP contribution in [0.3, 0.4) is 0 Å². The summed E-state index contributed by atoms with van der Waals surface area (Å²) in [6.07, 6.45) is -4.48. The lowest BCUT2D eigenvalue weighted by atomic mass is 10.1. The molecule has 0 unspecified atom stereocenters. The predicted molar refractivity (Wildman–Crippen MR) is 60.9 cm³/mol. The van der Waals surface area contributed by atoms with Gasteiger partial charge in [-0.05, 0) is 24.1 Å². The zero-order chi connectivity index (χ0) is 12.2. The number of alkyl halides is 3. The van der Waals surface area contributed by atoms with Gasteiger partial charge in [0.15, 0.2) is 0 Å². The molecular formula is C10H12ClF3N2O. The molecule has 0 spiro atoms. The molecule has 1 amide bonds. The normalized spacial score (nSPS) is 10.5. The van der Waals surface area contributed by atoms with Gasteiger partial charge in [0.2, 0.25) is 0 Å². The Morgan fingerprint density at radius 2 is 1.76 bits per heavy atom. The van der Waals surface area contributed by atoms with E-state index in [1.807, 2.05) is 0 Å². The van der Waals surface area contributed by atoms with Crippen LogP contribution >= 0.6 is 12.4 Å². The molecule has 1 aromatic carbocycles. The van der Waals surface area contributed by atoms with Gasteiger partial charge >= 0.3 is 12.1 Å². The first-order valence-electron chi connectivity index (χ1n) is 4.59. The molecular weight excluding hydrogens is 257 g/mol. The van der Waals surface area contributed by atoms with E-state index in [4.69, 9.17) is 5.73 Å². The third kappa shape index (κ3) is 5.44. The van der Waals surface area contributed by atoms with E-state index >= 15 is 0 Å². The first-order valence-corrected chi connectivity index (χ1v) is 4.59. The van der Waals surface area contributed by atoms with Crippen LogP contribution in [0.25, 0.3) is 0 Å². The first-order chi connectivity index (χ1) is 7.39. The topological polar surface area (TPSA) is 55.1 Å². The summed E-state index contributed by atoms with van der Waals surface area (Å²) < 4.78 is 35.4. The molecule has 3 N–H and O–H groups in total. The molecule has 0 saturated carbocycles. The number of amides is 1. The van der Waals surface area contributed by atoms with Crippen molar-refractivity contribution in [3.05, 3.63) is 29.8 Å². The summed E-state index contributed by atoms with van der Waals surface area (Å²) in [5.41, 5.74) is 6.84. The minimum absolute atomic E-state index is 0. The maximum absolute atomic E-state index is 11.8. The van der Waals surface area contributed by atoms with Gasteiger partial charge in [-0.3, -0.25) is 4.79 Å². The first kappa shape index (κ1) is 15.6. The molecule has 0 atom stereocenters. The van der Waals surface area contributed by atoms with Crippen LogP contribution in [-0.2, 0) is 11.2 Å². The standard InChI is InChI=1S/C10H11F3N2O.ClH/c11-10(12,13)9(16)15-6-5-7-1-3-8(14)4-2-7;/h1-4H,5-6,14H2,(H,15,16);1H. The Balaban J connectivity index is 0.00000256. The van der Waals surface area contributed by atoms with Crippen molar-refractivity contribution in [1.29, 1.82) is 0 Å². The second-order valence-corrected chi connectivity index (χ2v) is 3.25. The Bertz CT molecular complexity index is 365. The highest BCUT2D eigenvalue weighted by atomic mass is 35.5. The van der Waals surface area contributed by atoms with Crippen LogP contribution in [0.15, 0.2) is 24.3 Å². The van der Waals surface area contributed by atoms with Crippen LogP contribution in [0.4, 0.5) is 18.9 Å². The molecule has 7 heteroatoms. The van der Waals surface area contributed by atoms with E-state index in [9.17, 15) is 18.0 Å². The lowest BCUT2D eigenvalue weighted by Gasteiger charge is -2.07. The molecule has 0 fully saturated rings. The Hall–Kier alpha value is -1.43. The lowest BCUT2D eigenvalue weighted by molar-refractivity contribution is -0.173. The molecule has 0 aromatic heterocycles. The summed E-state index contributed by atoms with van der Waals surface area (Å²) in [5, 5.41) is 1.79. The molecule has 17 heavy (non-hydrogen) atoms. The average Bonchev–Trinajstić information content (AvgIpc) is 2.19. The molecule has 0 bridgehead atoms. The van der Waals surface area contributed by atoms with E-state index in [1.54, 1.807) is 29.6 Å². The van der Waals surface area contributed by atoms with Gasteiger partial charge in [0, 0.05) is 12.2 Å². The monoisotopic (exact) mass is 268 g/mol. The fourth-order valence-corrected chi connectivity index (χ4v) is 1.10. The Morgan fingerprint density at radius 3 is 2.24 bits per heavy atom. The Labute approximate surface area is 103 Å². The number of anilines is 1. The number of halogens is 4. The van der Waals surface area contributed by atoms with E-state index in [0.29, 0.717) is 12.1 Å². The summed E-state index contributed by atoms with van der Waals surface area (Å²) in [5.74, 6) is -1.91. The maximum Gasteiger partial charge on any atom is 0.471 e. The minimum Gasteiger partial charge on any atom is -0.399 e. The van der Waals surface area contributed by atoms with Crippen molar-refractivity contribution < 1.29 is 18.0 Å². The van der Waals surface area contributed by atoms with Crippen molar-refractivity contribution in [2.75, 3.05) is 12.3 Å². The maximum atomic E-state index is 11.8. The van der Waals surface area contributed by atoms with E-state index in [0.717, 1.165) is 5.56 Å². The van der Waals surface area contributed by atoms with E-state index in [1.165, 1.54) is 0 Å². The van der Waals surface area contributed by atoms with Crippen LogP contribution in [0.2, 0.25) is 0 Å². The van der Waals surface area contributed by atoms with Crippen molar-refractivity contribution >= 4 is 24.0 Å². The quantitative estimate of drug-likeness (QED) is 0.823. The van der Waals surface area contributed by atoms with Crippen molar-refractivity contribution in [2.24, 2.45) is 0 Å². The summed E-state index contributed by atoms with van der Waals surface area (Å²) in [7, 11) is 0. The number of hydrogen-bond acceptors (Lipinski definition) is 2. The number of hydrogen-bond donors (Lipinski definition) is 2. The number of benzene rings is 1. The van der Waals surface area contributed by atoms with Crippen molar-refractivity contribution in [2.45, 2.75) is 12.6 Å². The molecule has 0 aliphatic heterocycles. The smallest absolute Gasteiger partial charge is 0.399 e. The van der Waals surface area contributed by atoms with Gasteiger partial charge in [-0.25, -0.2) is 0 Å². The van der Waals surface area contributed by atoms with Crippen molar-refractivity contribution in [3.63, 3.8) is 0 Å². The minimum atomic E-state index is -4.82. The molecule has 96 valence electrons. The van der Waals surface area contributed by atoms with Gasteiger partial charge in [0.25, 0.3) is 0 Å². The van der Waals surface area contributed by atoms with E-state index in [-0.39, 0.29) is 19.0 Å². The fourth-order valence-electron chi connectivity index (χ4n) is 1.10. The predicted octanol–water partition coefficient (Wildman–Crippen LogP) is 1.91. The third-order valence-electron chi connectivity index (χ3n) is 1.94. The molecule has 0 saturated heterocycles. The number of carbonyl (C=O) groups excluding carboxylic acids is 1. The SMILES string of the molecule is Cl.Nc1ccc(CCNC(=O)C(F)(F)F)cc1. The molecule has 0 aliphatic carbocycles. The second-order valence-electron chi connectivity index (χ2n) is 3.25. The van der Waals surface area contributed by atoms with Gasteiger partial charge in [-0.15, -0.1) is 12.4 Å². The van der Waals surface area contributed by atoms with Gasteiger partial charge < -0.3 is 11.1 Å². The van der Waals surface area contributed by atoms with Crippen LogP contribution in [0, 0.1) is 0 Å². The summed E-state index contributed by atoms with van der Waals surface area (Å²) in [4.78, 5) is 10.5. The largest absolute Gasteiger partial charge is 0.471 e. The second kappa shape index (κ2) is 6.34. The van der Waals surface area contributed by atoms with E-state index in [2.05, 4.69) is 0 Å². The van der Waals surface area contributed by atoms with Crippen LogP contribution < -0.4 is 11.1 Å². The van der Waals surface area contributed by atoms with Crippen molar-refractivity contribution in [3.8, 4) is 0 Å². The van der Waals surface area contributed by atoms with Gasteiger partial charge in [-0.2, -0.15) is 13.2 Å². The Morgan fingerprint density at radius 1 is 1.24 bits per heavy atom. The molecule has 0 aliphatic rings. The highest BCUT2D eigenvalue weighted by Crippen LogP contribution is 2.14. The van der Waals surface area contributed by atoms with Crippen LogP contribution in [0.5, 0.6) is 0 Å². The van der Waals surface area contributed by atoms with Gasteiger partial charge in [-0.1, -0.05) is 12.1 Å². The van der Waals surface area contributed by atoms with Crippen molar-refractivity contribution in [1.82, 2.24) is 5.32 Å². The average molecular weight is 269 g/mol. The number of nitrogens with one attached hydrogen (secondary N) is 1. The molecule has 1 rings (SSSR count). The molecule has 0 heterocycles. The summed E-state index contributed by atoms with van der Waals surface area (Å²) in [6.45, 7) is -0.0533. The van der Waals surface area contributed by atoms with Crippen LogP contribution in [-0.4, -0.2) is 18.6 Å². The summed E-state index contributed by atoms with van der Waals surface area (Å²) in [6, 6.07) is 6.71. The molecule has 0 radical (unpaired) electrons. The van der Waals surface area contributed by atoms with Crippen LogP contribution in [0.1, 0.15) is 5.56 Å². The molecule has 1 aromatic rings. The number of nitrogen functional groups attached to an aromatic ring is 1. The molecule has 3 nitrogen and oxygen atoms in total. The number of rotatable bonds is 3. The highest BCUT2D eigenvalue weighted by molar-refractivity contribution is 5.85. The fraction of sp³-hybridized carbons (Fsp3) is 0.300. The van der Waals surface area contributed by atoms with E-state index < -0.39 is 12.1 Å². The zero-order valence-corrected chi connectivity index (χ0v) is 9.57. The number of nitrogens with two attached hydrogens (primary N) is 1. The number of carbonyl (C=O) groups is 1. The van der Waals surface area contributed by atoms with Gasteiger partial charge in [0.1, 0.15) is 0 Å². The Kier molecular flexibility index (Phi) is 5.81. The third-order valence-corrected chi connectivity index (χ3v) is 1.94. The summed E-state index contributed by atoms with van der Waals surface area (Å²) >= 11 is 0. The highest BCUT2D eigenvalue weighted by Gasteiger charge is 2.38. The lowest BCUT2D eigenvalue weighted by Crippen LogP contribution is -2.37.